The first-order valence-electron chi connectivity index (χ1n) is 9.09. The van der Waals surface area contributed by atoms with Crippen LogP contribution in [0.25, 0.3) is 0 Å². The number of β-amino-alcohol motifs (C(OH)–C–C–N with tert-alkyl or cyclic N) is 1. The quantitative estimate of drug-likeness (QED) is 0.701. The molecule has 1 heterocycles. The van der Waals surface area contributed by atoms with Gasteiger partial charge in [-0.15, -0.1) is 0 Å². The highest BCUT2D eigenvalue weighted by atomic mass is 79.9. The van der Waals surface area contributed by atoms with Crippen LogP contribution < -0.4 is 5.32 Å². The van der Waals surface area contributed by atoms with Crippen LogP contribution in [0.5, 0.6) is 0 Å². The molecule has 0 bridgehead atoms. The first kappa shape index (κ1) is 21.2. The van der Waals surface area contributed by atoms with Crippen LogP contribution in [0.15, 0.2) is 22.7 Å². The van der Waals surface area contributed by atoms with Crippen LogP contribution in [0.2, 0.25) is 0 Å². The molecule has 2 rings (SSSR count). The molecule has 26 heavy (non-hydrogen) atoms. The van der Waals surface area contributed by atoms with Crippen molar-refractivity contribution >= 4 is 27.6 Å². The molecule has 1 aliphatic rings. The van der Waals surface area contributed by atoms with Gasteiger partial charge in [0.25, 0.3) is 0 Å². The zero-order chi connectivity index (χ0) is 19.1. The van der Waals surface area contributed by atoms with Gasteiger partial charge < -0.3 is 25.0 Å². The van der Waals surface area contributed by atoms with Crippen molar-refractivity contribution in [2.24, 2.45) is 5.92 Å². The highest BCUT2D eigenvalue weighted by Gasteiger charge is 2.23. The lowest BCUT2D eigenvalue weighted by atomic mass is 9.96. The number of urea groups is 1. The van der Waals surface area contributed by atoms with Gasteiger partial charge in [-0.05, 0) is 50.9 Å². The fourth-order valence-corrected chi connectivity index (χ4v) is 3.85. The maximum Gasteiger partial charge on any atom is 0.321 e. The summed E-state index contributed by atoms with van der Waals surface area (Å²) in [5.41, 5.74) is 1.70. The Morgan fingerprint density at radius 1 is 1.46 bits per heavy atom. The number of halogens is 1. The number of hydrogen-bond donors (Lipinski definition) is 2. The Kier molecular flexibility index (Phi) is 8.34. The number of methoxy groups -OCH3 is 1. The number of aliphatic hydroxyl groups excluding tert-OH is 1. The number of carbonyl (C=O) groups excluding carboxylic acids is 1. The number of ether oxygens (including phenoxy) is 1. The smallest absolute Gasteiger partial charge is 0.321 e. The van der Waals surface area contributed by atoms with Gasteiger partial charge >= 0.3 is 6.03 Å². The minimum absolute atomic E-state index is 0.105. The van der Waals surface area contributed by atoms with Crippen molar-refractivity contribution in [2.75, 3.05) is 45.7 Å². The molecule has 1 aromatic rings. The van der Waals surface area contributed by atoms with Gasteiger partial charge in [0.05, 0.1) is 12.7 Å². The summed E-state index contributed by atoms with van der Waals surface area (Å²) >= 11 is 3.51. The molecule has 6 nitrogen and oxygen atoms in total. The molecule has 0 spiro atoms. The minimum Gasteiger partial charge on any atom is -0.392 e. The first-order valence-corrected chi connectivity index (χ1v) is 9.88. The van der Waals surface area contributed by atoms with E-state index in [2.05, 4.69) is 26.1 Å². The van der Waals surface area contributed by atoms with E-state index in [0.717, 1.165) is 54.7 Å². The second kappa shape index (κ2) is 10.3. The Labute approximate surface area is 164 Å². The summed E-state index contributed by atoms with van der Waals surface area (Å²) in [6.07, 6.45) is 1.82. The lowest BCUT2D eigenvalue weighted by Crippen LogP contribution is -2.42. The van der Waals surface area contributed by atoms with Crippen molar-refractivity contribution < 1.29 is 14.6 Å². The molecule has 1 aromatic carbocycles. The molecule has 146 valence electrons. The summed E-state index contributed by atoms with van der Waals surface area (Å²) in [4.78, 5) is 16.6. The zero-order valence-electron chi connectivity index (χ0n) is 15.9. The number of anilines is 1. The summed E-state index contributed by atoms with van der Waals surface area (Å²) in [6.45, 7) is 5.69. The summed E-state index contributed by atoms with van der Waals surface area (Å²) in [6, 6.07) is 5.62. The Hall–Kier alpha value is -1.15. The number of aliphatic hydroxyl groups is 1. The lowest BCUT2D eigenvalue weighted by molar-refractivity contribution is 0.0951. The van der Waals surface area contributed by atoms with Crippen molar-refractivity contribution in [3.05, 3.63) is 28.2 Å². The topological polar surface area (TPSA) is 65.0 Å². The number of carbonyl (C=O) groups is 1. The van der Waals surface area contributed by atoms with Crippen LogP contribution >= 0.6 is 15.9 Å². The third-order valence-corrected chi connectivity index (χ3v) is 5.50. The van der Waals surface area contributed by atoms with Gasteiger partial charge in [-0.2, -0.15) is 0 Å². The maximum absolute atomic E-state index is 12.6. The predicted molar refractivity (Wildman–Crippen MR) is 107 cm³/mol. The zero-order valence-corrected chi connectivity index (χ0v) is 17.5. The molecule has 1 fully saturated rings. The van der Waals surface area contributed by atoms with Crippen molar-refractivity contribution in [3.63, 3.8) is 0 Å². The monoisotopic (exact) mass is 427 g/mol. The predicted octanol–water partition coefficient (Wildman–Crippen LogP) is 3.15. The molecule has 0 aromatic heterocycles. The number of piperidine rings is 1. The fourth-order valence-electron chi connectivity index (χ4n) is 3.37. The van der Waals surface area contributed by atoms with Crippen LogP contribution in [0.3, 0.4) is 0 Å². The minimum atomic E-state index is -0.286. The van der Waals surface area contributed by atoms with Gasteiger partial charge in [-0.1, -0.05) is 22.0 Å². The third kappa shape index (κ3) is 6.23. The largest absolute Gasteiger partial charge is 0.392 e. The number of nitrogens with one attached hydrogen (secondary N) is 1. The molecule has 1 aliphatic heterocycles. The van der Waals surface area contributed by atoms with Crippen LogP contribution in [-0.2, 0) is 11.3 Å². The van der Waals surface area contributed by atoms with Crippen molar-refractivity contribution in [3.8, 4) is 0 Å². The molecule has 1 atom stereocenters. The number of amides is 2. The second-order valence-electron chi connectivity index (χ2n) is 7.10. The number of rotatable bonds is 7. The number of benzene rings is 1. The number of nitrogens with zero attached hydrogens (tertiary/aromatic N) is 2. The van der Waals surface area contributed by atoms with Gasteiger partial charge in [0.1, 0.15) is 0 Å². The Morgan fingerprint density at radius 3 is 2.77 bits per heavy atom. The normalized spacial score (nSPS) is 17.1. The van der Waals surface area contributed by atoms with Gasteiger partial charge in [0.2, 0.25) is 0 Å². The molecule has 0 unspecified atom stereocenters. The van der Waals surface area contributed by atoms with Crippen LogP contribution in [0, 0.1) is 5.92 Å². The molecule has 0 saturated carbocycles. The Bertz CT molecular complexity index is 589. The Balaban J connectivity index is 1.86. The van der Waals surface area contributed by atoms with Gasteiger partial charge in [-0.25, -0.2) is 4.79 Å². The van der Waals surface area contributed by atoms with E-state index >= 15 is 0 Å². The van der Waals surface area contributed by atoms with E-state index in [-0.39, 0.29) is 12.1 Å². The van der Waals surface area contributed by atoms with E-state index in [9.17, 15) is 9.90 Å². The molecule has 7 heteroatoms. The first-order chi connectivity index (χ1) is 12.4. The van der Waals surface area contributed by atoms with Crippen molar-refractivity contribution in [1.82, 2.24) is 9.80 Å². The molecular formula is C19H30BrN3O3. The average Bonchev–Trinajstić information content (AvgIpc) is 2.59. The van der Waals surface area contributed by atoms with Crippen molar-refractivity contribution in [2.45, 2.75) is 32.5 Å². The van der Waals surface area contributed by atoms with E-state index < -0.39 is 0 Å². The number of hydrogen-bond acceptors (Lipinski definition) is 4. The lowest BCUT2D eigenvalue weighted by Gasteiger charge is -2.34. The molecule has 0 aliphatic carbocycles. The molecule has 2 N–H and O–H groups in total. The van der Waals surface area contributed by atoms with Gasteiger partial charge in [0.15, 0.2) is 0 Å². The SMILES string of the molecule is COCc1c(Br)cccc1NC(=O)N(C)CC1CCN(C[C@H](C)O)CC1. The van der Waals surface area contributed by atoms with Gasteiger partial charge in [-0.3, -0.25) is 0 Å². The summed E-state index contributed by atoms with van der Waals surface area (Å²) in [7, 11) is 3.48. The van der Waals surface area contributed by atoms with E-state index in [4.69, 9.17) is 4.74 Å². The fraction of sp³-hybridized carbons (Fsp3) is 0.632. The number of likely N-dealkylation sites (tertiary alicyclic amines) is 1. The molecule has 0 radical (unpaired) electrons. The second-order valence-corrected chi connectivity index (χ2v) is 7.96. The standard InChI is InChI=1S/C19H30BrN3O3/c1-14(24)11-23-9-7-15(8-10-23)12-22(2)19(25)21-18-6-4-5-17(20)16(18)13-26-3/h4-6,14-15,24H,7-13H2,1-3H3,(H,21,25)/t14-/m0/s1. The molecule has 1 saturated heterocycles. The highest BCUT2D eigenvalue weighted by molar-refractivity contribution is 9.10. The third-order valence-electron chi connectivity index (χ3n) is 4.76. The van der Waals surface area contributed by atoms with Crippen LogP contribution in [-0.4, -0.2) is 67.4 Å². The summed E-state index contributed by atoms with van der Waals surface area (Å²) < 4.78 is 6.15. The highest BCUT2D eigenvalue weighted by Crippen LogP contribution is 2.26. The summed E-state index contributed by atoms with van der Waals surface area (Å²) in [5.74, 6) is 0.497. The molecule has 2 amide bonds. The van der Waals surface area contributed by atoms with E-state index in [1.165, 1.54) is 0 Å². The Morgan fingerprint density at radius 2 is 2.15 bits per heavy atom. The van der Waals surface area contributed by atoms with Crippen LogP contribution in [0.4, 0.5) is 10.5 Å². The van der Waals surface area contributed by atoms with Crippen LogP contribution in [0.1, 0.15) is 25.3 Å². The average molecular weight is 428 g/mol. The van der Waals surface area contributed by atoms with Gasteiger partial charge in [0, 0.05) is 43.0 Å². The van der Waals surface area contributed by atoms with E-state index in [1.807, 2.05) is 32.2 Å². The summed E-state index contributed by atoms with van der Waals surface area (Å²) in [5, 5.41) is 12.5. The molecular weight excluding hydrogens is 398 g/mol. The van der Waals surface area contributed by atoms with Crippen molar-refractivity contribution in [1.29, 1.82) is 0 Å². The van der Waals surface area contributed by atoms with E-state index in [0.29, 0.717) is 12.5 Å². The van der Waals surface area contributed by atoms with E-state index in [1.54, 1.807) is 12.0 Å². The maximum atomic E-state index is 12.6.